The fourth-order valence-corrected chi connectivity index (χ4v) is 2.07. The maximum absolute atomic E-state index is 9.08. The second-order valence-corrected chi connectivity index (χ2v) is 4.72. The Morgan fingerprint density at radius 1 is 1.39 bits per heavy atom. The van der Waals surface area contributed by atoms with E-state index < -0.39 is 0 Å². The molecule has 5 heteroatoms. The fourth-order valence-electron chi connectivity index (χ4n) is 1.53. The lowest BCUT2D eigenvalue weighted by Gasteiger charge is -2.14. The van der Waals surface area contributed by atoms with Gasteiger partial charge in [-0.15, -0.1) is 12.4 Å². The van der Waals surface area contributed by atoms with Gasteiger partial charge in [-0.2, -0.15) is 0 Å². The van der Waals surface area contributed by atoms with Crippen LogP contribution in [0.25, 0.3) is 0 Å². The highest BCUT2D eigenvalue weighted by Gasteiger charge is 2.05. The van der Waals surface area contributed by atoms with Crippen LogP contribution in [0.4, 0.5) is 0 Å². The van der Waals surface area contributed by atoms with Crippen molar-refractivity contribution in [1.82, 2.24) is 5.32 Å². The van der Waals surface area contributed by atoms with Crippen molar-refractivity contribution in [3.8, 4) is 5.75 Å². The van der Waals surface area contributed by atoms with Gasteiger partial charge in [0.2, 0.25) is 0 Å². The van der Waals surface area contributed by atoms with E-state index in [-0.39, 0.29) is 25.1 Å². The van der Waals surface area contributed by atoms with E-state index in [0.717, 1.165) is 23.2 Å². The summed E-state index contributed by atoms with van der Waals surface area (Å²) in [5, 5.41) is 12.4. The molecular formula is C13H21BrClNO2. The SMILES string of the molecule is CCOc1ccc(CNC(CC)CO)cc1Br.Cl. The lowest BCUT2D eigenvalue weighted by molar-refractivity contribution is 0.238. The molecule has 0 aliphatic heterocycles. The minimum absolute atomic E-state index is 0. The van der Waals surface area contributed by atoms with Crippen LogP contribution in [0.2, 0.25) is 0 Å². The van der Waals surface area contributed by atoms with Gasteiger partial charge in [-0.05, 0) is 47.0 Å². The lowest BCUT2D eigenvalue weighted by Crippen LogP contribution is -2.31. The fraction of sp³-hybridized carbons (Fsp3) is 0.538. The third kappa shape index (κ3) is 5.57. The Bertz CT molecular complexity index is 346. The average molecular weight is 339 g/mol. The van der Waals surface area contributed by atoms with Gasteiger partial charge in [0, 0.05) is 12.6 Å². The Balaban J connectivity index is 0.00000289. The number of benzene rings is 1. The van der Waals surface area contributed by atoms with E-state index in [1.54, 1.807) is 0 Å². The van der Waals surface area contributed by atoms with Gasteiger partial charge in [-0.3, -0.25) is 0 Å². The molecule has 1 rings (SSSR count). The number of aliphatic hydroxyl groups is 1. The molecule has 0 bridgehead atoms. The first-order valence-corrected chi connectivity index (χ1v) is 6.76. The molecule has 0 aliphatic carbocycles. The summed E-state index contributed by atoms with van der Waals surface area (Å²) in [6.45, 7) is 5.62. The highest BCUT2D eigenvalue weighted by Crippen LogP contribution is 2.25. The Hall–Kier alpha value is -0.290. The second kappa shape index (κ2) is 9.62. The van der Waals surface area contributed by atoms with E-state index in [0.29, 0.717) is 6.61 Å². The topological polar surface area (TPSA) is 41.5 Å². The first-order chi connectivity index (χ1) is 8.21. The summed E-state index contributed by atoms with van der Waals surface area (Å²) in [6.07, 6.45) is 0.925. The van der Waals surface area contributed by atoms with Crippen LogP contribution < -0.4 is 10.1 Å². The van der Waals surface area contributed by atoms with E-state index in [4.69, 9.17) is 9.84 Å². The zero-order valence-electron chi connectivity index (χ0n) is 10.8. The number of ether oxygens (including phenoxy) is 1. The predicted molar refractivity (Wildman–Crippen MR) is 80.6 cm³/mol. The number of aliphatic hydroxyl groups excluding tert-OH is 1. The molecule has 0 amide bonds. The van der Waals surface area contributed by atoms with Crippen LogP contribution in [0.5, 0.6) is 5.75 Å². The van der Waals surface area contributed by atoms with Crippen molar-refractivity contribution in [2.24, 2.45) is 0 Å². The first-order valence-electron chi connectivity index (χ1n) is 5.96. The number of rotatable bonds is 7. The van der Waals surface area contributed by atoms with Gasteiger partial charge in [0.25, 0.3) is 0 Å². The van der Waals surface area contributed by atoms with E-state index in [2.05, 4.69) is 28.2 Å². The molecule has 104 valence electrons. The monoisotopic (exact) mass is 337 g/mol. The van der Waals surface area contributed by atoms with Crippen molar-refractivity contribution >= 4 is 28.3 Å². The predicted octanol–water partition coefficient (Wildman–Crippen LogP) is 3.13. The molecule has 0 spiro atoms. The van der Waals surface area contributed by atoms with Crippen molar-refractivity contribution < 1.29 is 9.84 Å². The van der Waals surface area contributed by atoms with Crippen LogP contribution in [-0.4, -0.2) is 24.4 Å². The van der Waals surface area contributed by atoms with Gasteiger partial charge in [0.1, 0.15) is 5.75 Å². The molecule has 0 aromatic heterocycles. The zero-order chi connectivity index (χ0) is 12.7. The number of hydrogen-bond donors (Lipinski definition) is 2. The molecule has 0 heterocycles. The van der Waals surface area contributed by atoms with Crippen molar-refractivity contribution in [2.45, 2.75) is 32.9 Å². The Labute approximate surface area is 123 Å². The van der Waals surface area contributed by atoms with Gasteiger partial charge < -0.3 is 15.2 Å². The van der Waals surface area contributed by atoms with Crippen LogP contribution in [0.3, 0.4) is 0 Å². The molecule has 1 aromatic rings. The van der Waals surface area contributed by atoms with E-state index in [9.17, 15) is 0 Å². The van der Waals surface area contributed by atoms with Gasteiger partial charge in [0.15, 0.2) is 0 Å². The van der Waals surface area contributed by atoms with Gasteiger partial charge in [0.05, 0.1) is 17.7 Å². The summed E-state index contributed by atoms with van der Waals surface area (Å²) in [7, 11) is 0. The lowest BCUT2D eigenvalue weighted by atomic mass is 10.2. The minimum atomic E-state index is 0. The van der Waals surface area contributed by atoms with Gasteiger partial charge in [-0.25, -0.2) is 0 Å². The quantitative estimate of drug-likeness (QED) is 0.802. The molecule has 0 saturated carbocycles. The highest BCUT2D eigenvalue weighted by molar-refractivity contribution is 9.10. The normalized spacial score (nSPS) is 11.8. The molecular weight excluding hydrogens is 318 g/mol. The average Bonchev–Trinajstić information content (AvgIpc) is 2.34. The zero-order valence-corrected chi connectivity index (χ0v) is 13.2. The van der Waals surface area contributed by atoms with Gasteiger partial charge >= 0.3 is 0 Å². The van der Waals surface area contributed by atoms with Crippen molar-refractivity contribution in [1.29, 1.82) is 0 Å². The summed E-state index contributed by atoms with van der Waals surface area (Å²) in [5.41, 5.74) is 1.17. The number of halogens is 2. The van der Waals surface area contributed by atoms with Crippen LogP contribution in [0, 0.1) is 0 Å². The maximum Gasteiger partial charge on any atom is 0.133 e. The number of nitrogens with one attached hydrogen (secondary N) is 1. The molecule has 0 aliphatic rings. The smallest absolute Gasteiger partial charge is 0.133 e. The Kier molecular flexibility index (Phi) is 9.46. The van der Waals surface area contributed by atoms with Crippen LogP contribution >= 0.6 is 28.3 Å². The third-order valence-electron chi connectivity index (χ3n) is 2.60. The summed E-state index contributed by atoms with van der Waals surface area (Å²) in [4.78, 5) is 0. The molecule has 0 saturated heterocycles. The van der Waals surface area contributed by atoms with Crippen molar-refractivity contribution in [3.63, 3.8) is 0 Å². The molecule has 1 unspecified atom stereocenters. The molecule has 1 aromatic carbocycles. The molecule has 3 nitrogen and oxygen atoms in total. The third-order valence-corrected chi connectivity index (χ3v) is 3.22. The van der Waals surface area contributed by atoms with E-state index in [1.165, 1.54) is 5.56 Å². The minimum Gasteiger partial charge on any atom is -0.493 e. The van der Waals surface area contributed by atoms with Crippen molar-refractivity contribution in [3.05, 3.63) is 28.2 Å². The highest BCUT2D eigenvalue weighted by atomic mass is 79.9. The summed E-state index contributed by atoms with van der Waals surface area (Å²) in [5.74, 6) is 0.866. The van der Waals surface area contributed by atoms with E-state index >= 15 is 0 Å². The Morgan fingerprint density at radius 3 is 2.61 bits per heavy atom. The second-order valence-electron chi connectivity index (χ2n) is 3.87. The first kappa shape index (κ1) is 17.7. The maximum atomic E-state index is 9.08. The summed E-state index contributed by atoms with van der Waals surface area (Å²) >= 11 is 3.49. The van der Waals surface area contributed by atoms with Crippen molar-refractivity contribution in [2.75, 3.05) is 13.2 Å². The molecule has 1 atom stereocenters. The molecule has 0 radical (unpaired) electrons. The van der Waals surface area contributed by atoms with Gasteiger partial charge in [-0.1, -0.05) is 13.0 Å². The molecule has 2 N–H and O–H groups in total. The standard InChI is InChI=1S/C13H20BrNO2.ClH/c1-3-11(9-16)15-8-10-5-6-13(17-4-2)12(14)7-10;/h5-7,11,15-16H,3-4,8-9H2,1-2H3;1H. The van der Waals surface area contributed by atoms with Crippen LogP contribution in [0.1, 0.15) is 25.8 Å². The largest absolute Gasteiger partial charge is 0.493 e. The van der Waals surface area contributed by atoms with Crippen LogP contribution in [-0.2, 0) is 6.54 Å². The Morgan fingerprint density at radius 2 is 2.11 bits per heavy atom. The number of hydrogen-bond acceptors (Lipinski definition) is 3. The van der Waals surface area contributed by atoms with Crippen LogP contribution in [0.15, 0.2) is 22.7 Å². The summed E-state index contributed by atoms with van der Waals surface area (Å²) < 4.78 is 6.42. The van der Waals surface area contributed by atoms with E-state index in [1.807, 2.05) is 25.1 Å². The molecule has 0 fully saturated rings. The molecule has 18 heavy (non-hydrogen) atoms. The summed E-state index contributed by atoms with van der Waals surface area (Å²) in [6, 6.07) is 6.21.